The fourth-order valence-corrected chi connectivity index (χ4v) is 2.59. The van der Waals surface area contributed by atoms with Crippen LogP contribution in [-0.2, 0) is 33.0 Å². The van der Waals surface area contributed by atoms with Crippen LogP contribution in [0, 0.1) is 0 Å². The van der Waals surface area contributed by atoms with Crippen molar-refractivity contribution < 1.29 is 0 Å². The summed E-state index contributed by atoms with van der Waals surface area (Å²) in [5, 5.41) is 12.4. The summed E-state index contributed by atoms with van der Waals surface area (Å²) in [7, 11) is 1.92. The van der Waals surface area contributed by atoms with Gasteiger partial charge in [0.25, 0.3) is 0 Å². The molecule has 6 heteroatoms. The predicted molar refractivity (Wildman–Crippen MR) is 83.1 cm³/mol. The molecule has 0 unspecified atom stereocenters. The first kappa shape index (κ1) is 15.7. The SMILES string of the molecule is CCCNCc1c(CC)nn(Cc2ncnn2C)c1CC. The van der Waals surface area contributed by atoms with Gasteiger partial charge in [0, 0.05) is 24.8 Å². The molecule has 0 saturated heterocycles. The highest BCUT2D eigenvalue weighted by molar-refractivity contribution is 5.27. The first-order chi connectivity index (χ1) is 10.2. The standard InChI is InChI=1S/C15H26N6/c1-5-8-16-9-12-13(6-2)19-21(14(12)7-3)10-15-17-11-18-20(15)4/h11,16H,5-10H2,1-4H3. The molecule has 0 spiro atoms. The Hall–Kier alpha value is -1.69. The van der Waals surface area contributed by atoms with Gasteiger partial charge in [0.05, 0.1) is 5.69 Å². The molecule has 0 aliphatic rings. The molecule has 0 amide bonds. The summed E-state index contributed by atoms with van der Waals surface area (Å²) in [5.74, 6) is 0.933. The zero-order valence-electron chi connectivity index (χ0n) is 13.6. The molecule has 0 bridgehead atoms. The van der Waals surface area contributed by atoms with E-state index in [-0.39, 0.29) is 0 Å². The van der Waals surface area contributed by atoms with Crippen molar-refractivity contribution in [1.29, 1.82) is 0 Å². The fraction of sp³-hybridized carbons (Fsp3) is 0.667. The van der Waals surface area contributed by atoms with Crippen molar-refractivity contribution in [2.75, 3.05) is 6.54 Å². The monoisotopic (exact) mass is 290 g/mol. The molecule has 0 aromatic carbocycles. The van der Waals surface area contributed by atoms with E-state index in [1.807, 2.05) is 11.7 Å². The lowest BCUT2D eigenvalue weighted by Crippen LogP contribution is -2.16. The second kappa shape index (κ2) is 7.36. The smallest absolute Gasteiger partial charge is 0.148 e. The molecule has 0 atom stereocenters. The Balaban J connectivity index is 2.26. The summed E-state index contributed by atoms with van der Waals surface area (Å²) in [4.78, 5) is 4.30. The van der Waals surface area contributed by atoms with Crippen molar-refractivity contribution in [3.63, 3.8) is 0 Å². The van der Waals surface area contributed by atoms with Crippen LogP contribution in [0.2, 0.25) is 0 Å². The Kier molecular flexibility index (Phi) is 5.50. The van der Waals surface area contributed by atoms with Crippen molar-refractivity contribution in [2.45, 2.75) is 53.1 Å². The van der Waals surface area contributed by atoms with Crippen LogP contribution in [0.4, 0.5) is 0 Å². The van der Waals surface area contributed by atoms with Gasteiger partial charge in [-0.1, -0.05) is 20.8 Å². The minimum atomic E-state index is 0.681. The van der Waals surface area contributed by atoms with E-state index in [2.05, 4.69) is 40.9 Å². The quantitative estimate of drug-likeness (QED) is 0.752. The first-order valence-electron chi connectivity index (χ1n) is 7.82. The number of nitrogens with zero attached hydrogens (tertiary/aromatic N) is 5. The molecule has 0 aliphatic heterocycles. The van der Waals surface area contributed by atoms with Crippen LogP contribution < -0.4 is 5.32 Å². The van der Waals surface area contributed by atoms with E-state index in [1.54, 1.807) is 6.33 Å². The number of aromatic nitrogens is 5. The zero-order chi connectivity index (χ0) is 15.2. The Morgan fingerprint density at radius 3 is 2.57 bits per heavy atom. The first-order valence-corrected chi connectivity index (χ1v) is 7.82. The summed E-state index contributed by atoms with van der Waals surface area (Å²) in [6, 6.07) is 0. The zero-order valence-corrected chi connectivity index (χ0v) is 13.6. The molecule has 0 saturated carbocycles. The summed E-state index contributed by atoms with van der Waals surface area (Å²) in [6.07, 6.45) is 4.68. The highest BCUT2D eigenvalue weighted by Gasteiger charge is 2.16. The maximum Gasteiger partial charge on any atom is 0.148 e. The van der Waals surface area contributed by atoms with Crippen molar-refractivity contribution in [1.82, 2.24) is 29.9 Å². The van der Waals surface area contributed by atoms with E-state index < -0.39 is 0 Å². The topological polar surface area (TPSA) is 60.6 Å². The number of aryl methyl sites for hydroxylation is 2. The summed E-state index contributed by atoms with van der Waals surface area (Å²) < 4.78 is 3.90. The van der Waals surface area contributed by atoms with Crippen molar-refractivity contribution in [3.05, 3.63) is 29.1 Å². The molecule has 6 nitrogen and oxygen atoms in total. The summed E-state index contributed by atoms with van der Waals surface area (Å²) in [6.45, 7) is 9.16. The highest BCUT2D eigenvalue weighted by Crippen LogP contribution is 2.17. The van der Waals surface area contributed by atoms with Gasteiger partial charge < -0.3 is 5.32 Å². The molecular weight excluding hydrogens is 264 g/mol. The van der Waals surface area contributed by atoms with E-state index in [4.69, 9.17) is 5.10 Å². The van der Waals surface area contributed by atoms with Crippen LogP contribution in [0.1, 0.15) is 50.0 Å². The van der Waals surface area contributed by atoms with Gasteiger partial charge in [0.1, 0.15) is 18.7 Å². The van der Waals surface area contributed by atoms with E-state index >= 15 is 0 Å². The molecule has 21 heavy (non-hydrogen) atoms. The number of hydrogen-bond donors (Lipinski definition) is 1. The minimum Gasteiger partial charge on any atom is -0.313 e. The lowest BCUT2D eigenvalue weighted by molar-refractivity contribution is 0.581. The van der Waals surface area contributed by atoms with Crippen LogP contribution >= 0.6 is 0 Å². The molecule has 1 N–H and O–H groups in total. The summed E-state index contributed by atoms with van der Waals surface area (Å²) in [5.41, 5.74) is 3.85. The Bertz CT molecular complexity index is 569. The van der Waals surface area contributed by atoms with Gasteiger partial charge in [0.15, 0.2) is 0 Å². The third kappa shape index (κ3) is 3.50. The van der Waals surface area contributed by atoms with E-state index in [0.29, 0.717) is 6.54 Å². The maximum absolute atomic E-state index is 4.79. The lowest BCUT2D eigenvalue weighted by atomic mass is 10.1. The Labute approximate surface area is 126 Å². The van der Waals surface area contributed by atoms with Crippen molar-refractivity contribution in [3.8, 4) is 0 Å². The third-order valence-electron chi connectivity index (χ3n) is 3.74. The molecular formula is C15H26N6. The van der Waals surface area contributed by atoms with E-state index in [1.165, 1.54) is 17.0 Å². The predicted octanol–water partition coefficient (Wildman–Crippen LogP) is 1.68. The third-order valence-corrected chi connectivity index (χ3v) is 3.74. The van der Waals surface area contributed by atoms with Crippen LogP contribution in [0.15, 0.2) is 6.33 Å². The lowest BCUT2D eigenvalue weighted by Gasteiger charge is -2.08. The minimum absolute atomic E-state index is 0.681. The van der Waals surface area contributed by atoms with Crippen LogP contribution in [-0.4, -0.2) is 31.1 Å². The molecule has 0 radical (unpaired) electrons. The average molecular weight is 290 g/mol. The van der Waals surface area contributed by atoms with Crippen molar-refractivity contribution in [2.24, 2.45) is 7.05 Å². The largest absolute Gasteiger partial charge is 0.313 e. The Morgan fingerprint density at radius 1 is 1.19 bits per heavy atom. The maximum atomic E-state index is 4.79. The Morgan fingerprint density at radius 2 is 2.00 bits per heavy atom. The van der Waals surface area contributed by atoms with Gasteiger partial charge in [0.2, 0.25) is 0 Å². The van der Waals surface area contributed by atoms with Gasteiger partial charge in [-0.3, -0.25) is 9.36 Å². The molecule has 2 aromatic heterocycles. The highest BCUT2D eigenvalue weighted by atomic mass is 15.4. The second-order valence-electron chi connectivity index (χ2n) is 5.21. The van der Waals surface area contributed by atoms with Gasteiger partial charge in [-0.25, -0.2) is 4.98 Å². The molecule has 116 valence electrons. The van der Waals surface area contributed by atoms with Crippen LogP contribution in [0.5, 0.6) is 0 Å². The molecule has 2 heterocycles. The molecule has 0 fully saturated rings. The van der Waals surface area contributed by atoms with Gasteiger partial charge >= 0.3 is 0 Å². The second-order valence-corrected chi connectivity index (χ2v) is 5.21. The fourth-order valence-electron chi connectivity index (χ4n) is 2.59. The van der Waals surface area contributed by atoms with E-state index in [9.17, 15) is 0 Å². The van der Waals surface area contributed by atoms with Crippen LogP contribution in [0.25, 0.3) is 0 Å². The molecule has 2 rings (SSSR count). The van der Waals surface area contributed by atoms with Gasteiger partial charge in [-0.05, 0) is 25.8 Å². The molecule has 2 aromatic rings. The summed E-state index contributed by atoms with van der Waals surface area (Å²) >= 11 is 0. The molecule has 0 aliphatic carbocycles. The number of hydrogen-bond acceptors (Lipinski definition) is 4. The average Bonchev–Trinajstić information content (AvgIpc) is 3.03. The number of rotatable bonds is 8. The van der Waals surface area contributed by atoms with Crippen molar-refractivity contribution >= 4 is 0 Å². The van der Waals surface area contributed by atoms with E-state index in [0.717, 1.165) is 38.2 Å². The van der Waals surface area contributed by atoms with Gasteiger partial charge in [-0.2, -0.15) is 10.2 Å². The normalized spacial score (nSPS) is 11.2. The van der Waals surface area contributed by atoms with Gasteiger partial charge in [-0.15, -0.1) is 0 Å². The van der Waals surface area contributed by atoms with Crippen LogP contribution in [0.3, 0.4) is 0 Å². The number of nitrogens with one attached hydrogen (secondary N) is 1.